The number of hydrogen-bond donors (Lipinski definition) is 4. The Labute approximate surface area is 196 Å². The summed E-state index contributed by atoms with van der Waals surface area (Å²) in [4.78, 5) is 26.2. The molecule has 1 aliphatic carbocycles. The lowest BCUT2D eigenvalue weighted by atomic mass is 9.75. The zero-order valence-corrected chi connectivity index (χ0v) is 19.8. The lowest BCUT2D eigenvalue weighted by molar-refractivity contribution is -0.125. The van der Waals surface area contributed by atoms with Crippen LogP contribution in [-0.2, 0) is 16.0 Å². The van der Waals surface area contributed by atoms with Gasteiger partial charge in [0.15, 0.2) is 0 Å². The Hall–Kier alpha value is -2.64. The van der Waals surface area contributed by atoms with E-state index in [-0.39, 0.29) is 30.1 Å². The van der Waals surface area contributed by atoms with Crippen LogP contribution in [0.3, 0.4) is 0 Å². The lowest BCUT2D eigenvalue weighted by Crippen LogP contribution is -2.48. The zero-order chi connectivity index (χ0) is 24.0. The number of rotatable bonds is 9. The van der Waals surface area contributed by atoms with E-state index < -0.39 is 19.1 Å². The third-order valence-electron chi connectivity index (χ3n) is 6.30. The van der Waals surface area contributed by atoms with Crippen molar-refractivity contribution in [2.45, 2.75) is 70.8 Å². The smallest absolute Gasteiger partial charge is 0.426 e. The van der Waals surface area contributed by atoms with Gasteiger partial charge in [0, 0.05) is 0 Å². The highest BCUT2D eigenvalue weighted by molar-refractivity contribution is 6.43. The number of carbonyl (C=O) groups is 2. The third-order valence-corrected chi connectivity index (χ3v) is 6.30. The van der Waals surface area contributed by atoms with Gasteiger partial charge in [0.05, 0.1) is 24.3 Å². The van der Waals surface area contributed by atoms with E-state index in [4.69, 9.17) is 0 Å². The summed E-state index contributed by atoms with van der Waals surface area (Å²) in [6, 6.07) is 15.3. The number of fused-ring (bicyclic) bond motifs is 1. The molecule has 0 aliphatic heterocycles. The van der Waals surface area contributed by atoms with Gasteiger partial charge in [0.1, 0.15) is 0 Å². The monoisotopic (exact) mass is 450 g/mol. The first-order valence-corrected chi connectivity index (χ1v) is 11.8. The van der Waals surface area contributed by atoms with Crippen molar-refractivity contribution in [3.05, 3.63) is 70.8 Å². The molecule has 0 aromatic heterocycles. The van der Waals surface area contributed by atoms with Crippen molar-refractivity contribution in [1.82, 2.24) is 10.6 Å². The third kappa shape index (κ3) is 6.92. The molecule has 0 saturated carbocycles. The predicted molar refractivity (Wildman–Crippen MR) is 130 cm³/mol. The number of hydrogen-bond acceptors (Lipinski definition) is 4. The largest absolute Gasteiger partial charge is 0.475 e. The molecule has 0 fully saturated rings. The molecule has 0 heterocycles. The summed E-state index contributed by atoms with van der Waals surface area (Å²) in [5, 5.41) is 25.2. The van der Waals surface area contributed by atoms with Crippen molar-refractivity contribution in [3.63, 3.8) is 0 Å². The minimum atomic E-state index is -1.64. The first-order valence-electron chi connectivity index (χ1n) is 11.8. The van der Waals surface area contributed by atoms with Crippen molar-refractivity contribution in [1.29, 1.82) is 0 Å². The Balaban J connectivity index is 1.77. The second-order valence-corrected chi connectivity index (χ2v) is 9.54. The zero-order valence-electron chi connectivity index (χ0n) is 19.8. The predicted octanol–water partition coefficient (Wildman–Crippen LogP) is 3.21. The summed E-state index contributed by atoms with van der Waals surface area (Å²) in [7, 11) is -1.64. The summed E-state index contributed by atoms with van der Waals surface area (Å²) in [6.45, 7) is 5.90. The van der Waals surface area contributed by atoms with Gasteiger partial charge in [-0.2, -0.15) is 0 Å². The second kappa shape index (κ2) is 11.5. The fraction of sp³-hybridized carbons (Fsp3) is 0.462. The maximum atomic E-state index is 13.3. The fourth-order valence-electron chi connectivity index (χ4n) is 4.56. The summed E-state index contributed by atoms with van der Waals surface area (Å²) in [5.41, 5.74) is 4.21. The molecule has 2 aromatic carbocycles. The van der Waals surface area contributed by atoms with Crippen LogP contribution in [0.1, 0.15) is 73.7 Å². The lowest BCUT2D eigenvalue weighted by Gasteiger charge is -2.28. The van der Waals surface area contributed by atoms with Gasteiger partial charge in [-0.1, -0.05) is 67.9 Å². The molecule has 1 unspecified atom stereocenters. The molecule has 3 rings (SSSR count). The Morgan fingerprint density at radius 1 is 1.06 bits per heavy atom. The molecule has 2 amide bonds. The van der Waals surface area contributed by atoms with Gasteiger partial charge in [0.2, 0.25) is 11.8 Å². The maximum absolute atomic E-state index is 13.3. The molecule has 6 nitrogen and oxygen atoms in total. The van der Waals surface area contributed by atoms with Crippen LogP contribution >= 0.6 is 0 Å². The topological polar surface area (TPSA) is 98.7 Å². The fourth-order valence-corrected chi connectivity index (χ4v) is 4.56. The molecule has 176 valence electrons. The highest BCUT2D eigenvalue weighted by atomic mass is 16.4. The molecule has 0 saturated heterocycles. The number of amides is 2. The van der Waals surface area contributed by atoms with Gasteiger partial charge in [-0.15, -0.1) is 0 Å². The number of benzene rings is 2. The van der Waals surface area contributed by atoms with Crippen LogP contribution in [-0.4, -0.2) is 34.9 Å². The van der Waals surface area contributed by atoms with E-state index in [2.05, 4.69) is 16.7 Å². The minimum absolute atomic E-state index is 0.0183. The summed E-state index contributed by atoms with van der Waals surface area (Å²) >= 11 is 0. The Bertz CT molecular complexity index is 946. The van der Waals surface area contributed by atoms with Crippen LogP contribution in [0.25, 0.3) is 0 Å². The highest BCUT2D eigenvalue weighted by Gasteiger charge is 2.30. The minimum Gasteiger partial charge on any atom is -0.426 e. The molecule has 33 heavy (non-hydrogen) atoms. The molecule has 0 spiro atoms. The van der Waals surface area contributed by atoms with Gasteiger partial charge < -0.3 is 20.7 Å². The van der Waals surface area contributed by atoms with E-state index in [9.17, 15) is 19.6 Å². The number of nitrogens with one attached hydrogen (secondary N) is 2. The van der Waals surface area contributed by atoms with E-state index in [0.717, 1.165) is 36.0 Å². The first-order chi connectivity index (χ1) is 15.7. The average molecular weight is 450 g/mol. The van der Waals surface area contributed by atoms with Crippen molar-refractivity contribution in [3.8, 4) is 0 Å². The molecule has 7 heteroatoms. The van der Waals surface area contributed by atoms with Gasteiger partial charge in [-0.3, -0.25) is 9.59 Å². The van der Waals surface area contributed by atoms with Crippen LogP contribution in [0, 0.1) is 12.8 Å². The molecule has 0 radical (unpaired) electrons. The Morgan fingerprint density at radius 2 is 1.76 bits per heavy atom. The molecule has 0 bridgehead atoms. The highest BCUT2D eigenvalue weighted by Crippen LogP contribution is 2.32. The van der Waals surface area contributed by atoms with Crippen LogP contribution in [0.15, 0.2) is 48.5 Å². The van der Waals surface area contributed by atoms with E-state index in [0.29, 0.717) is 6.42 Å². The summed E-state index contributed by atoms with van der Waals surface area (Å²) in [6.07, 6.45) is 3.18. The number of carbonyl (C=O) groups excluding carboxylic acids is 2. The molecule has 1 aliphatic rings. The summed E-state index contributed by atoms with van der Waals surface area (Å²) < 4.78 is 0. The Morgan fingerprint density at radius 3 is 2.42 bits per heavy atom. The molecular formula is C26H35BN2O4. The van der Waals surface area contributed by atoms with Crippen LogP contribution in [0.2, 0.25) is 0 Å². The van der Waals surface area contributed by atoms with E-state index in [1.807, 2.05) is 63.2 Å². The van der Waals surface area contributed by atoms with Crippen LogP contribution < -0.4 is 10.6 Å². The first kappa shape index (κ1) is 25.0. The molecular weight excluding hydrogens is 415 g/mol. The quantitative estimate of drug-likeness (QED) is 0.441. The second-order valence-electron chi connectivity index (χ2n) is 9.54. The van der Waals surface area contributed by atoms with Gasteiger partial charge >= 0.3 is 7.12 Å². The molecule has 2 aromatic rings. The number of aryl methyl sites for hydroxylation is 2. The van der Waals surface area contributed by atoms with Crippen molar-refractivity contribution >= 4 is 18.9 Å². The standard InChI is InChI=1S/C26H35BN2O4/c1-17(2)15-24(27(32)33)29-25(30)16-23(20-13-11-18(3)12-14-20)28-26(31)22-10-6-8-19-7-4-5-9-21(19)22/h4-5,7,9,11-14,17,22-24,32-33H,6,8,10,15-16H2,1-3H3,(H,28,31)(H,29,30)/t22-,23?,24-/m0/s1. The maximum Gasteiger partial charge on any atom is 0.475 e. The van der Waals surface area contributed by atoms with E-state index in [1.165, 1.54) is 5.56 Å². The van der Waals surface area contributed by atoms with Crippen molar-refractivity contribution < 1.29 is 19.6 Å². The normalized spacial score (nSPS) is 17.1. The van der Waals surface area contributed by atoms with Gasteiger partial charge in [-0.05, 0) is 55.2 Å². The van der Waals surface area contributed by atoms with Gasteiger partial charge in [0.25, 0.3) is 0 Å². The molecule has 3 atom stereocenters. The average Bonchev–Trinajstić information content (AvgIpc) is 2.78. The van der Waals surface area contributed by atoms with E-state index in [1.54, 1.807) is 0 Å². The van der Waals surface area contributed by atoms with Crippen LogP contribution in [0.5, 0.6) is 0 Å². The summed E-state index contributed by atoms with van der Waals surface area (Å²) in [5.74, 6) is -1.21. The van der Waals surface area contributed by atoms with Gasteiger partial charge in [-0.25, -0.2) is 0 Å². The van der Waals surface area contributed by atoms with E-state index >= 15 is 0 Å². The van der Waals surface area contributed by atoms with Crippen molar-refractivity contribution in [2.24, 2.45) is 5.92 Å². The van der Waals surface area contributed by atoms with Crippen molar-refractivity contribution in [2.75, 3.05) is 0 Å². The van der Waals surface area contributed by atoms with Crippen LogP contribution in [0.4, 0.5) is 0 Å². The molecule has 4 N–H and O–H groups in total. The Kier molecular flexibility index (Phi) is 8.70. The SMILES string of the molecule is Cc1ccc(C(CC(=O)N[C@@H](CC(C)C)B(O)O)NC(=O)[C@H]2CCCc3ccccc32)cc1.